The molecule has 0 aliphatic heterocycles. The van der Waals surface area contributed by atoms with Crippen molar-refractivity contribution in [1.29, 1.82) is 0 Å². The second-order valence-electron chi connectivity index (χ2n) is 6.58. The van der Waals surface area contributed by atoms with Crippen LogP contribution in [0.2, 0.25) is 19.6 Å². The molecule has 2 aromatic rings. The Morgan fingerprint density at radius 1 is 0.909 bits per heavy atom. The van der Waals surface area contributed by atoms with E-state index in [0.717, 1.165) is 11.1 Å². The van der Waals surface area contributed by atoms with Gasteiger partial charge < -0.3 is 4.43 Å². The van der Waals surface area contributed by atoms with E-state index in [1.54, 1.807) is 0 Å². The van der Waals surface area contributed by atoms with Gasteiger partial charge in [0.2, 0.25) is 0 Å². The first kappa shape index (κ1) is 16.7. The van der Waals surface area contributed by atoms with Crippen LogP contribution in [0, 0.1) is 5.92 Å². The van der Waals surface area contributed by atoms with Crippen molar-refractivity contribution in [2.24, 2.45) is 5.92 Å². The molecular weight excluding hydrogens is 288 g/mol. The number of hydrogen-bond donors (Lipinski definition) is 0. The van der Waals surface area contributed by atoms with Gasteiger partial charge >= 0.3 is 0 Å². The highest BCUT2D eigenvalue weighted by Crippen LogP contribution is 2.31. The molecular formula is C19H24O2Si. The first-order valence-corrected chi connectivity index (χ1v) is 11.1. The number of carbonyl (C=O) groups excluding carboxylic acids is 1. The Morgan fingerprint density at radius 3 is 1.91 bits per heavy atom. The zero-order valence-electron chi connectivity index (χ0n) is 13.7. The van der Waals surface area contributed by atoms with Gasteiger partial charge in [0.25, 0.3) is 0 Å². The Labute approximate surface area is 134 Å². The van der Waals surface area contributed by atoms with E-state index in [-0.39, 0.29) is 17.8 Å². The summed E-state index contributed by atoms with van der Waals surface area (Å²) in [6.07, 6.45) is -0.194. The summed E-state index contributed by atoms with van der Waals surface area (Å²) in [5, 5.41) is 0. The van der Waals surface area contributed by atoms with Crippen molar-refractivity contribution >= 4 is 14.1 Å². The average Bonchev–Trinajstić information content (AvgIpc) is 2.52. The van der Waals surface area contributed by atoms with Gasteiger partial charge in [-0.05, 0) is 25.2 Å². The molecule has 2 aromatic carbocycles. The molecule has 0 amide bonds. The Hall–Kier alpha value is -1.71. The molecule has 0 bridgehead atoms. The monoisotopic (exact) mass is 312 g/mol. The van der Waals surface area contributed by atoms with Crippen molar-refractivity contribution < 1.29 is 9.22 Å². The Bertz CT molecular complexity index is 602. The van der Waals surface area contributed by atoms with Gasteiger partial charge in [0.1, 0.15) is 0 Å². The SMILES string of the molecule is CC(C(=O)c1ccccc1)C(O[Si](C)(C)C)c1ccccc1. The normalized spacial score (nSPS) is 14.4. The van der Waals surface area contributed by atoms with E-state index in [1.807, 2.05) is 67.6 Å². The fourth-order valence-corrected chi connectivity index (χ4v) is 3.59. The fourth-order valence-electron chi connectivity index (χ4n) is 2.49. The van der Waals surface area contributed by atoms with Gasteiger partial charge in [-0.15, -0.1) is 0 Å². The number of benzene rings is 2. The predicted octanol–water partition coefficient (Wildman–Crippen LogP) is 5.10. The third kappa shape index (κ3) is 4.39. The maximum Gasteiger partial charge on any atom is 0.184 e. The largest absolute Gasteiger partial charge is 0.410 e. The molecule has 3 heteroatoms. The lowest BCUT2D eigenvalue weighted by Gasteiger charge is -2.30. The summed E-state index contributed by atoms with van der Waals surface area (Å²) in [5.41, 5.74) is 1.82. The van der Waals surface area contributed by atoms with Gasteiger partial charge in [-0.25, -0.2) is 0 Å². The van der Waals surface area contributed by atoms with Crippen LogP contribution in [0.1, 0.15) is 28.9 Å². The highest BCUT2D eigenvalue weighted by atomic mass is 28.4. The van der Waals surface area contributed by atoms with E-state index in [1.165, 1.54) is 0 Å². The summed E-state index contributed by atoms with van der Waals surface area (Å²) >= 11 is 0. The zero-order valence-corrected chi connectivity index (χ0v) is 14.7. The molecule has 0 saturated heterocycles. The van der Waals surface area contributed by atoms with Gasteiger partial charge in [0.05, 0.1) is 6.10 Å². The number of Topliss-reactive ketones (excluding diaryl/α,β-unsaturated/α-hetero) is 1. The highest BCUT2D eigenvalue weighted by molar-refractivity contribution is 6.69. The Morgan fingerprint density at radius 2 is 1.41 bits per heavy atom. The first-order valence-electron chi connectivity index (χ1n) is 7.70. The summed E-state index contributed by atoms with van der Waals surface area (Å²) in [7, 11) is -1.76. The molecule has 0 aliphatic rings. The molecule has 0 aliphatic carbocycles. The van der Waals surface area contributed by atoms with Crippen LogP contribution in [0.3, 0.4) is 0 Å². The minimum absolute atomic E-state index is 0.132. The number of hydrogen-bond acceptors (Lipinski definition) is 2. The molecule has 22 heavy (non-hydrogen) atoms. The third-order valence-electron chi connectivity index (χ3n) is 3.53. The minimum Gasteiger partial charge on any atom is -0.410 e. The van der Waals surface area contributed by atoms with Crippen molar-refractivity contribution in [1.82, 2.24) is 0 Å². The lowest BCUT2D eigenvalue weighted by atomic mass is 9.90. The second-order valence-corrected chi connectivity index (χ2v) is 11.0. The van der Waals surface area contributed by atoms with Crippen LogP contribution in [0.4, 0.5) is 0 Å². The molecule has 0 heterocycles. The van der Waals surface area contributed by atoms with Crippen LogP contribution < -0.4 is 0 Å². The van der Waals surface area contributed by atoms with Crippen molar-refractivity contribution in [2.45, 2.75) is 32.7 Å². The summed E-state index contributed by atoms with van der Waals surface area (Å²) in [4.78, 5) is 12.8. The van der Waals surface area contributed by atoms with Crippen molar-refractivity contribution in [3.05, 3.63) is 71.8 Å². The predicted molar refractivity (Wildman–Crippen MR) is 93.6 cm³/mol. The topological polar surface area (TPSA) is 26.3 Å². The fraction of sp³-hybridized carbons (Fsp3) is 0.316. The highest BCUT2D eigenvalue weighted by Gasteiger charge is 2.31. The summed E-state index contributed by atoms with van der Waals surface area (Å²) in [5.74, 6) is -0.0794. The van der Waals surface area contributed by atoms with E-state index in [2.05, 4.69) is 19.6 Å². The third-order valence-corrected chi connectivity index (χ3v) is 4.50. The minimum atomic E-state index is -1.76. The van der Waals surface area contributed by atoms with Crippen LogP contribution >= 0.6 is 0 Å². The Kier molecular flexibility index (Phi) is 5.32. The smallest absolute Gasteiger partial charge is 0.184 e. The summed E-state index contributed by atoms with van der Waals surface area (Å²) < 4.78 is 6.35. The summed E-state index contributed by atoms with van der Waals surface area (Å²) in [6, 6.07) is 19.5. The molecule has 116 valence electrons. The molecule has 2 rings (SSSR count). The molecule has 2 unspecified atom stereocenters. The maximum absolute atomic E-state index is 12.8. The van der Waals surface area contributed by atoms with Gasteiger partial charge in [0.15, 0.2) is 14.1 Å². The maximum atomic E-state index is 12.8. The lowest BCUT2D eigenvalue weighted by molar-refractivity contribution is 0.0757. The van der Waals surface area contributed by atoms with E-state index in [9.17, 15) is 4.79 Å². The number of rotatable bonds is 6. The van der Waals surface area contributed by atoms with Gasteiger partial charge in [0, 0.05) is 11.5 Å². The second kappa shape index (κ2) is 7.03. The van der Waals surface area contributed by atoms with Crippen molar-refractivity contribution in [3.8, 4) is 0 Å². The molecule has 0 saturated carbocycles. The zero-order chi connectivity index (χ0) is 16.2. The van der Waals surface area contributed by atoms with Gasteiger partial charge in [-0.1, -0.05) is 67.6 Å². The quantitative estimate of drug-likeness (QED) is 0.548. The van der Waals surface area contributed by atoms with Crippen LogP contribution in [0.5, 0.6) is 0 Å². The van der Waals surface area contributed by atoms with E-state index >= 15 is 0 Å². The molecule has 2 nitrogen and oxygen atoms in total. The molecule has 0 spiro atoms. The van der Waals surface area contributed by atoms with E-state index < -0.39 is 8.32 Å². The van der Waals surface area contributed by atoms with Crippen molar-refractivity contribution in [2.75, 3.05) is 0 Å². The number of ketones is 1. The number of carbonyl (C=O) groups is 1. The molecule has 0 radical (unpaired) electrons. The molecule has 2 atom stereocenters. The molecule has 0 aromatic heterocycles. The standard InChI is InChI=1S/C19H24O2Si/c1-15(18(20)16-11-7-5-8-12-16)19(21-22(2,3)4)17-13-9-6-10-14-17/h5-15,19H,1-4H3. The van der Waals surface area contributed by atoms with Gasteiger partial charge in [-0.3, -0.25) is 4.79 Å². The Balaban J connectivity index is 2.30. The van der Waals surface area contributed by atoms with Crippen LogP contribution in [0.15, 0.2) is 60.7 Å². The van der Waals surface area contributed by atoms with Crippen LogP contribution in [0.25, 0.3) is 0 Å². The summed E-state index contributed by atoms with van der Waals surface area (Å²) in [6.45, 7) is 8.43. The lowest BCUT2D eigenvalue weighted by Crippen LogP contribution is -2.33. The van der Waals surface area contributed by atoms with E-state index in [0.29, 0.717) is 0 Å². The molecule has 0 N–H and O–H groups in total. The first-order chi connectivity index (χ1) is 10.4. The van der Waals surface area contributed by atoms with Crippen LogP contribution in [-0.4, -0.2) is 14.1 Å². The van der Waals surface area contributed by atoms with Crippen LogP contribution in [-0.2, 0) is 4.43 Å². The van der Waals surface area contributed by atoms with Gasteiger partial charge in [-0.2, -0.15) is 0 Å². The average molecular weight is 312 g/mol. The van der Waals surface area contributed by atoms with Crippen molar-refractivity contribution in [3.63, 3.8) is 0 Å². The molecule has 0 fully saturated rings. The van der Waals surface area contributed by atoms with E-state index in [4.69, 9.17) is 4.43 Å².